The summed E-state index contributed by atoms with van der Waals surface area (Å²) in [5.41, 5.74) is 9.34. The number of carboxylic acid groups (broad SMARTS) is 1. The highest BCUT2D eigenvalue weighted by Crippen LogP contribution is 2.35. The summed E-state index contributed by atoms with van der Waals surface area (Å²) in [4.78, 5) is 13.2. The minimum Gasteiger partial charge on any atom is -0.481 e. The van der Waals surface area contributed by atoms with Crippen LogP contribution in [-0.4, -0.2) is 11.1 Å². The molecule has 0 amide bonds. The van der Waals surface area contributed by atoms with E-state index in [4.69, 9.17) is 10.6 Å². The second-order valence-corrected chi connectivity index (χ2v) is 4.38. The van der Waals surface area contributed by atoms with Gasteiger partial charge in [-0.3, -0.25) is 4.79 Å². The molecule has 5 nitrogen and oxygen atoms in total. The minimum atomic E-state index is -0.912. The molecule has 1 aromatic carbocycles. The van der Waals surface area contributed by atoms with Crippen molar-refractivity contribution in [1.29, 1.82) is 0 Å². The van der Waals surface area contributed by atoms with E-state index in [2.05, 4.69) is 41.9 Å². The van der Waals surface area contributed by atoms with Crippen molar-refractivity contribution in [3.8, 4) is 0 Å². The molecule has 0 aliphatic rings. The number of aliphatic carboxylic acids is 1. The summed E-state index contributed by atoms with van der Waals surface area (Å²) in [6.45, 7) is 0. The molecule has 0 fully saturated rings. The van der Waals surface area contributed by atoms with Crippen molar-refractivity contribution in [2.45, 2.75) is 6.42 Å². The number of nitrogens with zero attached hydrogens (tertiary/aromatic N) is 3. The maximum Gasteiger partial charge on any atom is 0.307 e. The number of carboxylic acids is 1. The van der Waals surface area contributed by atoms with Gasteiger partial charge in [-0.2, -0.15) is 0 Å². The summed E-state index contributed by atoms with van der Waals surface area (Å²) < 4.78 is 1.12. The number of benzene rings is 1. The Morgan fingerprint density at radius 2 is 2.00 bits per heavy atom. The fourth-order valence-electron chi connectivity index (χ4n) is 1.03. The van der Waals surface area contributed by atoms with Gasteiger partial charge in [-0.25, -0.2) is 0 Å². The third-order valence-corrected chi connectivity index (χ3v) is 2.79. The Morgan fingerprint density at radius 1 is 1.47 bits per heavy atom. The van der Waals surface area contributed by atoms with Gasteiger partial charge in [0.25, 0.3) is 0 Å². The molecule has 0 aliphatic carbocycles. The van der Waals surface area contributed by atoms with Gasteiger partial charge in [0.05, 0.1) is 12.1 Å². The number of carbonyl (C=O) groups is 1. The van der Waals surface area contributed by atoms with Crippen LogP contribution in [0.15, 0.2) is 26.2 Å². The van der Waals surface area contributed by atoms with E-state index in [-0.39, 0.29) is 6.42 Å². The molecule has 0 aliphatic heterocycles. The standard InChI is InChI=1S/C8H5Br2N3O2/c9-5-1-4(3-7(14)15)2-6(10)8(5)12-13-11/h1-2H,3H2,(H,14,15). The van der Waals surface area contributed by atoms with Crippen molar-refractivity contribution in [2.75, 3.05) is 0 Å². The zero-order valence-electron chi connectivity index (χ0n) is 7.31. The third-order valence-electron chi connectivity index (χ3n) is 1.58. The molecule has 0 heterocycles. The Morgan fingerprint density at radius 3 is 2.40 bits per heavy atom. The van der Waals surface area contributed by atoms with Crippen LogP contribution in [0.4, 0.5) is 5.69 Å². The number of hydrogen-bond acceptors (Lipinski definition) is 2. The quantitative estimate of drug-likeness (QED) is 0.518. The Balaban J connectivity index is 3.18. The predicted octanol–water partition coefficient (Wildman–Crippen LogP) is 3.78. The molecule has 0 saturated carbocycles. The summed E-state index contributed by atoms with van der Waals surface area (Å²) in [6.07, 6.45) is -0.0756. The average Bonchev–Trinajstić information content (AvgIpc) is 2.10. The van der Waals surface area contributed by atoms with Crippen LogP contribution < -0.4 is 0 Å². The van der Waals surface area contributed by atoms with Crippen LogP contribution in [0.5, 0.6) is 0 Å². The maximum atomic E-state index is 10.5. The fourth-order valence-corrected chi connectivity index (χ4v) is 2.47. The molecule has 1 aromatic rings. The van der Waals surface area contributed by atoms with Crippen LogP contribution in [0.25, 0.3) is 10.4 Å². The average molecular weight is 335 g/mol. The first-order chi connectivity index (χ1) is 7.04. The van der Waals surface area contributed by atoms with Gasteiger partial charge in [-0.05, 0) is 23.2 Å². The Kier molecular flexibility index (Phi) is 4.14. The van der Waals surface area contributed by atoms with Crippen molar-refractivity contribution in [1.82, 2.24) is 0 Å². The molecular formula is C8H5Br2N3O2. The second-order valence-electron chi connectivity index (χ2n) is 2.67. The normalized spacial score (nSPS) is 9.47. The van der Waals surface area contributed by atoms with Gasteiger partial charge in [0.15, 0.2) is 0 Å². The molecule has 1 rings (SSSR count). The van der Waals surface area contributed by atoms with Gasteiger partial charge in [0, 0.05) is 13.9 Å². The first-order valence-electron chi connectivity index (χ1n) is 3.79. The van der Waals surface area contributed by atoms with E-state index in [9.17, 15) is 4.79 Å². The van der Waals surface area contributed by atoms with Gasteiger partial charge < -0.3 is 5.11 Å². The molecule has 7 heteroatoms. The lowest BCUT2D eigenvalue weighted by Gasteiger charge is -2.04. The van der Waals surface area contributed by atoms with Gasteiger partial charge in [-0.15, -0.1) is 0 Å². The lowest BCUT2D eigenvalue weighted by Crippen LogP contribution is -1.99. The number of rotatable bonds is 3. The Labute approximate surface area is 102 Å². The van der Waals surface area contributed by atoms with Crippen LogP contribution in [0.1, 0.15) is 5.56 Å². The van der Waals surface area contributed by atoms with Crippen molar-refractivity contribution in [2.24, 2.45) is 5.11 Å². The van der Waals surface area contributed by atoms with Crippen molar-refractivity contribution < 1.29 is 9.90 Å². The van der Waals surface area contributed by atoms with Crippen molar-refractivity contribution in [3.05, 3.63) is 37.1 Å². The topological polar surface area (TPSA) is 86.1 Å². The minimum absolute atomic E-state index is 0.0756. The Hall–Kier alpha value is -1.04. The van der Waals surface area contributed by atoms with E-state index in [0.29, 0.717) is 20.2 Å². The highest BCUT2D eigenvalue weighted by Gasteiger charge is 2.08. The molecule has 0 saturated heterocycles. The molecule has 1 N–H and O–H groups in total. The van der Waals surface area contributed by atoms with Gasteiger partial charge in [-0.1, -0.05) is 37.0 Å². The zero-order valence-corrected chi connectivity index (χ0v) is 10.5. The number of azide groups is 1. The van der Waals surface area contributed by atoms with Crippen molar-refractivity contribution in [3.63, 3.8) is 0 Å². The van der Waals surface area contributed by atoms with Crippen LogP contribution in [-0.2, 0) is 11.2 Å². The lowest BCUT2D eigenvalue weighted by atomic mass is 10.1. The second kappa shape index (κ2) is 5.16. The van der Waals surface area contributed by atoms with Gasteiger partial charge in [0.2, 0.25) is 0 Å². The van der Waals surface area contributed by atoms with Gasteiger partial charge in [0.1, 0.15) is 0 Å². The van der Waals surface area contributed by atoms with E-state index in [1.165, 1.54) is 0 Å². The van der Waals surface area contributed by atoms with Crippen LogP contribution in [0.2, 0.25) is 0 Å². The number of halogens is 2. The largest absolute Gasteiger partial charge is 0.481 e. The molecular weight excluding hydrogens is 330 g/mol. The van der Waals surface area contributed by atoms with Crippen LogP contribution in [0, 0.1) is 0 Å². The molecule has 15 heavy (non-hydrogen) atoms. The molecule has 0 aromatic heterocycles. The molecule has 0 bridgehead atoms. The molecule has 0 unspecified atom stereocenters. The summed E-state index contributed by atoms with van der Waals surface area (Å²) in [6, 6.07) is 3.23. The zero-order chi connectivity index (χ0) is 11.4. The maximum absolute atomic E-state index is 10.5. The highest BCUT2D eigenvalue weighted by atomic mass is 79.9. The summed E-state index contributed by atoms with van der Waals surface area (Å²) in [5, 5.41) is 12.1. The third kappa shape index (κ3) is 3.23. The van der Waals surface area contributed by atoms with E-state index >= 15 is 0 Å². The molecule has 0 atom stereocenters. The summed E-state index contributed by atoms with van der Waals surface area (Å²) >= 11 is 6.40. The van der Waals surface area contributed by atoms with Crippen LogP contribution >= 0.6 is 31.9 Å². The first kappa shape index (κ1) is 12.0. The smallest absolute Gasteiger partial charge is 0.307 e. The fraction of sp³-hybridized carbons (Fsp3) is 0.125. The first-order valence-corrected chi connectivity index (χ1v) is 5.38. The van der Waals surface area contributed by atoms with E-state index in [0.717, 1.165) is 0 Å². The Bertz CT molecular complexity index is 432. The monoisotopic (exact) mass is 333 g/mol. The number of hydrogen-bond donors (Lipinski definition) is 1. The SMILES string of the molecule is [N-]=[N+]=Nc1c(Br)cc(CC(=O)O)cc1Br. The highest BCUT2D eigenvalue weighted by molar-refractivity contribution is 9.11. The van der Waals surface area contributed by atoms with Crippen LogP contribution in [0.3, 0.4) is 0 Å². The van der Waals surface area contributed by atoms with Gasteiger partial charge >= 0.3 is 5.97 Å². The summed E-state index contributed by atoms with van der Waals surface area (Å²) in [5.74, 6) is -0.912. The predicted molar refractivity (Wildman–Crippen MR) is 62.0 cm³/mol. The van der Waals surface area contributed by atoms with E-state index < -0.39 is 5.97 Å². The molecule has 78 valence electrons. The van der Waals surface area contributed by atoms with Crippen molar-refractivity contribution >= 4 is 43.5 Å². The lowest BCUT2D eigenvalue weighted by molar-refractivity contribution is -0.136. The van der Waals surface area contributed by atoms with E-state index in [1.54, 1.807) is 12.1 Å². The van der Waals surface area contributed by atoms with E-state index in [1.807, 2.05) is 0 Å². The summed E-state index contributed by atoms with van der Waals surface area (Å²) in [7, 11) is 0. The molecule has 0 spiro atoms. The molecule has 0 radical (unpaired) electrons.